The van der Waals surface area contributed by atoms with Gasteiger partial charge in [0.1, 0.15) is 0 Å². The molecule has 1 aliphatic heterocycles. The molecular formula is C13H20N2OS2. The fourth-order valence-corrected chi connectivity index (χ4v) is 3.91. The number of nitrogens with two attached hydrogens (primary N) is 1. The van der Waals surface area contributed by atoms with Gasteiger partial charge in [-0.25, -0.2) is 0 Å². The molecule has 0 saturated carbocycles. The summed E-state index contributed by atoms with van der Waals surface area (Å²) < 4.78 is 0. The van der Waals surface area contributed by atoms with E-state index in [4.69, 9.17) is 5.73 Å². The molecule has 1 amide bonds. The molecule has 0 aliphatic carbocycles. The predicted octanol–water partition coefficient (Wildman–Crippen LogP) is 2.10. The lowest BCUT2D eigenvalue weighted by molar-refractivity contribution is -0.129. The number of carbonyl (C=O) groups excluding carboxylic acids is 1. The molecule has 100 valence electrons. The lowest BCUT2D eigenvalue weighted by atomic mass is 10.1. The maximum Gasteiger partial charge on any atom is 0.232 e. The molecule has 0 aromatic carbocycles. The third kappa shape index (κ3) is 3.73. The van der Waals surface area contributed by atoms with Crippen LogP contribution in [0.5, 0.6) is 0 Å². The van der Waals surface area contributed by atoms with E-state index in [1.807, 2.05) is 11.8 Å². The van der Waals surface area contributed by atoms with Crippen LogP contribution in [0.25, 0.3) is 0 Å². The van der Waals surface area contributed by atoms with Crippen LogP contribution < -0.4 is 5.73 Å². The highest BCUT2D eigenvalue weighted by atomic mass is 32.2. The SMILES string of the molecule is CC(N)CCSCC(=O)N1CCc2sccc2C1. The van der Waals surface area contributed by atoms with E-state index in [1.165, 1.54) is 10.4 Å². The number of thioether (sulfide) groups is 1. The first-order valence-electron chi connectivity index (χ1n) is 6.33. The van der Waals surface area contributed by atoms with Crippen LogP contribution in [-0.4, -0.2) is 34.9 Å². The lowest BCUT2D eigenvalue weighted by Gasteiger charge is -2.27. The van der Waals surface area contributed by atoms with Crippen molar-refractivity contribution in [2.75, 3.05) is 18.1 Å². The lowest BCUT2D eigenvalue weighted by Crippen LogP contribution is -2.36. The zero-order chi connectivity index (χ0) is 13.0. The summed E-state index contributed by atoms with van der Waals surface area (Å²) in [4.78, 5) is 15.5. The van der Waals surface area contributed by atoms with Crippen molar-refractivity contribution in [2.24, 2.45) is 5.73 Å². The van der Waals surface area contributed by atoms with E-state index in [2.05, 4.69) is 11.4 Å². The summed E-state index contributed by atoms with van der Waals surface area (Å²) in [5.41, 5.74) is 7.02. The fraction of sp³-hybridized carbons (Fsp3) is 0.615. The number of hydrogen-bond donors (Lipinski definition) is 1. The van der Waals surface area contributed by atoms with Crippen molar-refractivity contribution in [3.05, 3.63) is 21.9 Å². The van der Waals surface area contributed by atoms with Gasteiger partial charge in [-0.3, -0.25) is 4.79 Å². The molecule has 0 bridgehead atoms. The zero-order valence-corrected chi connectivity index (χ0v) is 12.4. The van der Waals surface area contributed by atoms with Crippen molar-refractivity contribution < 1.29 is 4.79 Å². The Bertz CT molecular complexity index is 403. The molecule has 18 heavy (non-hydrogen) atoms. The topological polar surface area (TPSA) is 46.3 Å². The monoisotopic (exact) mass is 284 g/mol. The Kier molecular flexibility index (Phi) is 5.09. The summed E-state index contributed by atoms with van der Waals surface area (Å²) in [5, 5.41) is 2.12. The van der Waals surface area contributed by atoms with Gasteiger partial charge in [0.25, 0.3) is 0 Å². The van der Waals surface area contributed by atoms with Crippen molar-refractivity contribution in [3.8, 4) is 0 Å². The van der Waals surface area contributed by atoms with Crippen molar-refractivity contribution in [2.45, 2.75) is 32.4 Å². The van der Waals surface area contributed by atoms with E-state index in [-0.39, 0.29) is 11.9 Å². The van der Waals surface area contributed by atoms with Crippen molar-refractivity contribution in [1.82, 2.24) is 4.90 Å². The summed E-state index contributed by atoms with van der Waals surface area (Å²) in [6, 6.07) is 2.37. The Morgan fingerprint density at radius 2 is 2.50 bits per heavy atom. The normalized spacial score (nSPS) is 16.4. The Balaban J connectivity index is 1.74. The van der Waals surface area contributed by atoms with Crippen molar-refractivity contribution >= 4 is 29.0 Å². The minimum atomic E-state index is 0.232. The molecule has 0 fully saturated rings. The van der Waals surface area contributed by atoms with Crippen LogP contribution in [0.1, 0.15) is 23.8 Å². The molecule has 1 atom stereocenters. The maximum atomic E-state index is 12.1. The van der Waals surface area contributed by atoms with Crippen LogP contribution >= 0.6 is 23.1 Å². The first-order chi connectivity index (χ1) is 8.66. The molecule has 2 rings (SSSR count). The van der Waals surface area contributed by atoms with Gasteiger partial charge in [0.2, 0.25) is 5.91 Å². The Hall–Kier alpha value is -0.520. The highest BCUT2D eigenvalue weighted by molar-refractivity contribution is 7.99. The predicted molar refractivity (Wildman–Crippen MR) is 79.0 cm³/mol. The second-order valence-corrected chi connectivity index (χ2v) is 6.86. The second kappa shape index (κ2) is 6.59. The molecule has 1 aliphatic rings. The molecule has 0 saturated heterocycles. The van der Waals surface area contributed by atoms with Crippen LogP contribution in [0.2, 0.25) is 0 Å². The number of rotatable bonds is 5. The summed E-state index contributed by atoms with van der Waals surface area (Å²) in [6.07, 6.45) is 2.00. The second-order valence-electron chi connectivity index (χ2n) is 4.75. The van der Waals surface area contributed by atoms with Gasteiger partial charge < -0.3 is 10.6 Å². The maximum absolute atomic E-state index is 12.1. The van der Waals surface area contributed by atoms with Gasteiger partial charge in [-0.15, -0.1) is 11.3 Å². The molecule has 5 heteroatoms. The van der Waals surface area contributed by atoms with Crippen LogP contribution in [-0.2, 0) is 17.8 Å². The van der Waals surface area contributed by atoms with E-state index in [1.54, 1.807) is 23.1 Å². The average Bonchev–Trinajstić information content (AvgIpc) is 2.81. The zero-order valence-electron chi connectivity index (χ0n) is 10.7. The van der Waals surface area contributed by atoms with Crippen LogP contribution in [0, 0.1) is 0 Å². The number of hydrogen-bond acceptors (Lipinski definition) is 4. The summed E-state index contributed by atoms with van der Waals surface area (Å²) >= 11 is 3.50. The van der Waals surface area contributed by atoms with Gasteiger partial charge in [-0.05, 0) is 42.5 Å². The molecule has 1 unspecified atom stereocenters. The van der Waals surface area contributed by atoms with E-state index in [9.17, 15) is 4.79 Å². The highest BCUT2D eigenvalue weighted by Gasteiger charge is 2.20. The molecule has 0 spiro atoms. The van der Waals surface area contributed by atoms with Gasteiger partial charge in [-0.2, -0.15) is 11.8 Å². The molecule has 1 aromatic heterocycles. The fourth-order valence-electron chi connectivity index (χ4n) is 1.98. The Morgan fingerprint density at radius 3 is 3.28 bits per heavy atom. The molecule has 2 N–H and O–H groups in total. The molecule has 3 nitrogen and oxygen atoms in total. The standard InChI is InChI=1S/C13H20N2OS2/c1-10(14)3-6-17-9-13(16)15-5-2-12-11(8-15)4-7-18-12/h4,7,10H,2-3,5-6,8-9,14H2,1H3. The van der Waals surface area contributed by atoms with Gasteiger partial charge in [0.15, 0.2) is 0 Å². The van der Waals surface area contributed by atoms with Gasteiger partial charge in [0, 0.05) is 24.0 Å². The number of thiophene rings is 1. The van der Waals surface area contributed by atoms with E-state index >= 15 is 0 Å². The Labute approximate surface area is 117 Å². The number of amides is 1. The van der Waals surface area contributed by atoms with E-state index in [0.717, 1.165) is 31.7 Å². The molecule has 0 radical (unpaired) electrons. The third-order valence-corrected chi connectivity index (χ3v) is 5.10. The summed E-state index contributed by atoms with van der Waals surface area (Å²) in [7, 11) is 0. The van der Waals surface area contributed by atoms with Crippen molar-refractivity contribution in [3.63, 3.8) is 0 Å². The minimum absolute atomic E-state index is 0.232. The van der Waals surface area contributed by atoms with Crippen LogP contribution in [0.15, 0.2) is 11.4 Å². The Morgan fingerprint density at radius 1 is 1.67 bits per heavy atom. The number of carbonyl (C=O) groups is 1. The van der Waals surface area contributed by atoms with E-state index in [0.29, 0.717) is 5.75 Å². The van der Waals surface area contributed by atoms with Crippen LogP contribution in [0.3, 0.4) is 0 Å². The van der Waals surface area contributed by atoms with Crippen molar-refractivity contribution in [1.29, 1.82) is 0 Å². The highest BCUT2D eigenvalue weighted by Crippen LogP contribution is 2.24. The average molecular weight is 284 g/mol. The van der Waals surface area contributed by atoms with Gasteiger partial charge in [0.05, 0.1) is 5.75 Å². The largest absolute Gasteiger partial charge is 0.337 e. The molecular weight excluding hydrogens is 264 g/mol. The summed E-state index contributed by atoms with van der Waals surface area (Å²) in [5.74, 6) is 1.83. The first-order valence-corrected chi connectivity index (χ1v) is 8.36. The van der Waals surface area contributed by atoms with E-state index < -0.39 is 0 Å². The number of fused-ring (bicyclic) bond motifs is 1. The number of nitrogens with zero attached hydrogens (tertiary/aromatic N) is 1. The molecule has 2 heterocycles. The molecule has 1 aromatic rings. The quantitative estimate of drug-likeness (QED) is 0.842. The summed E-state index contributed by atoms with van der Waals surface area (Å²) in [6.45, 7) is 3.68. The van der Waals surface area contributed by atoms with Gasteiger partial charge >= 0.3 is 0 Å². The third-order valence-electron chi connectivity index (χ3n) is 3.10. The first kappa shape index (κ1) is 13.9. The smallest absolute Gasteiger partial charge is 0.232 e. The van der Waals surface area contributed by atoms with Crippen LogP contribution in [0.4, 0.5) is 0 Å². The minimum Gasteiger partial charge on any atom is -0.337 e. The van der Waals surface area contributed by atoms with Gasteiger partial charge in [-0.1, -0.05) is 0 Å².